The first-order chi connectivity index (χ1) is 8.91. The summed E-state index contributed by atoms with van der Waals surface area (Å²) < 4.78 is 39.1. The van der Waals surface area contributed by atoms with E-state index in [9.17, 15) is 12.8 Å². The highest BCUT2D eigenvalue weighted by Gasteiger charge is 2.31. The average molecular weight is 287 g/mol. The molecule has 0 aromatic heterocycles. The van der Waals surface area contributed by atoms with Gasteiger partial charge in [-0.3, -0.25) is 0 Å². The van der Waals surface area contributed by atoms with Crippen molar-refractivity contribution < 1.29 is 17.7 Å². The predicted octanol–water partition coefficient (Wildman–Crippen LogP) is 0.123. The van der Waals surface area contributed by atoms with Gasteiger partial charge in [0, 0.05) is 0 Å². The second-order valence-corrected chi connectivity index (χ2v) is 7.11. The van der Waals surface area contributed by atoms with Gasteiger partial charge in [-0.25, -0.2) is 12.8 Å². The van der Waals surface area contributed by atoms with Gasteiger partial charge < -0.3 is 4.90 Å². The molecule has 1 aromatic rings. The molecule has 1 fully saturated rings. The lowest BCUT2D eigenvalue weighted by Crippen LogP contribution is -3.17. The van der Waals surface area contributed by atoms with Gasteiger partial charge >= 0.3 is 0 Å². The highest BCUT2D eigenvalue weighted by molar-refractivity contribution is 7.89. The van der Waals surface area contributed by atoms with Crippen molar-refractivity contribution in [3.8, 4) is 0 Å². The molecule has 1 aliphatic heterocycles. The van der Waals surface area contributed by atoms with E-state index < -0.39 is 15.8 Å². The Kier molecular flexibility index (Phi) is 4.23. The maximum atomic E-state index is 12.8. The van der Waals surface area contributed by atoms with Gasteiger partial charge in [0.05, 0.1) is 37.1 Å². The normalized spacial score (nSPS) is 18.9. The molecule has 4 nitrogen and oxygen atoms in total. The zero-order chi connectivity index (χ0) is 14.0. The van der Waals surface area contributed by atoms with Crippen LogP contribution in [-0.4, -0.2) is 44.9 Å². The lowest BCUT2D eigenvalue weighted by Gasteiger charge is -2.33. The van der Waals surface area contributed by atoms with E-state index in [0.29, 0.717) is 19.1 Å². The third kappa shape index (κ3) is 3.13. The summed E-state index contributed by atoms with van der Waals surface area (Å²) in [6.45, 7) is 6.95. The highest BCUT2D eigenvalue weighted by atomic mass is 32.2. The Balaban J connectivity index is 2.12. The monoisotopic (exact) mass is 287 g/mol. The van der Waals surface area contributed by atoms with Crippen LogP contribution in [0.1, 0.15) is 13.8 Å². The van der Waals surface area contributed by atoms with Gasteiger partial charge in [0.15, 0.2) is 0 Å². The minimum absolute atomic E-state index is 0.168. The number of benzene rings is 1. The van der Waals surface area contributed by atoms with Crippen LogP contribution in [0.3, 0.4) is 0 Å². The van der Waals surface area contributed by atoms with Gasteiger partial charge in [-0.1, -0.05) is 0 Å². The molecule has 0 saturated carbocycles. The van der Waals surface area contributed by atoms with Crippen molar-refractivity contribution in [2.75, 3.05) is 26.2 Å². The second kappa shape index (κ2) is 5.56. The number of hydrogen-bond acceptors (Lipinski definition) is 2. The Morgan fingerprint density at radius 2 is 1.68 bits per heavy atom. The smallest absolute Gasteiger partial charge is 0.243 e. The van der Waals surface area contributed by atoms with Crippen molar-refractivity contribution in [3.05, 3.63) is 30.1 Å². The number of nitrogens with zero attached hydrogens (tertiary/aromatic N) is 1. The fourth-order valence-electron chi connectivity index (χ4n) is 2.35. The van der Waals surface area contributed by atoms with E-state index in [-0.39, 0.29) is 4.90 Å². The van der Waals surface area contributed by atoms with Gasteiger partial charge in [-0.05, 0) is 38.1 Å². The number of hydrogen-bond donors (Lipinski definition) is 1. The second-order valence-electron chi connectivity index (χ2n) is 5.17. The Bertz CT molecular complexity index is 520. The molecule has 0 aliphatic carbocycles. The molecule has 0 bridgehead atoms. The molecular formula is C13H20FN2O2S+. The maximum absolute atomic E-state index is 12.8. The fraction of sp³-hybridized carbons (Fsp3) is 0.538. The minimum Gasteiger partial charge on any atom is -0.331 e. The minimum atomic E-state index is -3.47. The molecule has 106 valence electrons. The van der Waals surface area contributed by atoms with Crippen molar-refractivity contribution in [3.63, 3.8) is 0 Å². The summed E-state index contributed by atoms with van der Waals surface area (Å²) in [5.41, 5.74) is 0. The largest absolute Gasteiger partial charge is 0.331 e. The summed E-state index contributed by atoms with van der Waals surface area (Å²) >= 11 is 0. The number of sulfonamides is 1. The molecule has 2 rings (SSSR count). The molecule has 6 heteroatoms. The fourth-order valence-corrected chi connectivity index (χ4v) is 3.79. The molecular weight excluding hydrogens is 267 g/mol. The van der Waals surface area contributed by atoms with Crippen LogP contribution >= 0.6 is 0 Å². The summed E-state index contributed by atoms with van der Waals surface area (Å²) in [4.78, 5) is 1.59. The maximum Gasteiger partial charge on any atom is 0.243 e. The molecule has 0 unspecified atom stereocenters. The lowest BCUT2D eigenvalue weighted by molar-refractivity contribution is -0.924. The van der Waals surface area contributed by atoms with Crippen LogP contribution in [0.15, 0.2) is 29.2 Å². The van der Waals surface area contributed by atoms with E-state index in [1.807, 2.05) is 0 Å². The van der Waals surface area contributed by atoms with E-state index in [2.05, 4.69) is 13.8 Å². The van der Waals surface area contributed by atoms with Crippen LogP contribution in [0.4, 0.5) is 4.39 Å². The average Bonchev–Trinajstić information content (AvgIpc) is 2.39. The molecule has 1 aliphatic rings. The van der Waals surface area contributed by atoms with E-state index >= 15 is 0 Å². The number of quaternary nitrogens is 1. The third-order valence-electron chi connectivity index (χ3n) is 3.63. The van der Waals surface area contributed by atoms with Crippen molar-refractivity contribution in [1.82, 2.24) is 4.31 Å². The van der Waals surface area contributed by atoms with Crippen LogP contribution in [0.5, 0.6) is 0 Å². The summed E-state index contributed by atoms with van der Waals surface area (Å²) in [6.07, 6.45) is 0. The topological polar surface area (TPSA) is 41.8 Å². The Hall–Kier alpha value is -0.980. The number of halogens is 1. The third-order valence-corrected chi connectivity index (χ3v) is 5.55. The molecule has 0 atom stereocenters. The molecule has 0 radical (unpaired) electrons. The highest BCUT2D eigenvalue weighted by Crippen LogP contribution is 2.15. The molecule has 0 amide bonds. The molecule has 19 heavy (non-hydrogen) atoms. The summed E-state index contributed by atoms with van der Waals surface area (Å²) in [7, 11) is -3.47. The summed E-state index contributed by atoms with van der Waals surface area (Å²) in [5.74, 6) is -0.423. The first-order valence-corrected chi connectivity index (χ1v) is 7.95. The number of piperazine rings is 1. The molecule has 0 spiro atoms. The first kappa shape index (κ1) is 14.4. The first-order valence-electron chi connectivity index (χ1n) is 6.51. The van der Waals surface area contributed by atoms with E-state index in [1.165, 1.54) is 33.5 Å². The molecule has 1 N–H and O–H groups in total. The Morgan fingerprint density at radius 3 is 2.16 bits per heavy atom. The van der Waals surface area contributed by atoms with Gasteiger partial charge in [-0.15, -0.1) is 0 Å². The Labute approximate surface area is 113 Å². The SMILES string of the molecule is CC(C)[NH+]1CCN(S(=O)(=O)c2ccc(F)cc2)CC1. The van der Waals surface area contributed by atoms with Gasteiger partial charge in [0.25, 0.3) is 0 Å². The molecule has 1 heterocycles. The zero-order valence-electron chi connectivity index (χ0n) is 11.3. The van der Waals surface area contributed by atoms with E-state index in [1.54, 1.807) is 0 Å². The predicted molar refractivity (Wildman–Crippen MR) is 71.0 cm³/mol. The number of rotatable bonds is 3. The van der Waals surface area contributed by atoms with Gasteiger partial charge in [0.1, 0.15) is 5.82 Å². The standard InChI is InChI=1S/C13H19FN2O2S/c1-11(2)15-7-9-16(10-8-15)19(17,18)13-5-3-12(14)4-6-13/h3-6,11H,7-10H2,1-2H3/p+1. The zero-order valence-corrected chi connectivity index (χ0v) is 12.1. The summed E-state index contributed by atoms with van der Waals surface area (Å²) in [5, 5.41) is 0. The van der Waals surface area contributed by atoms with Crippen molar-refractivity contribution in [2.24, 2.45) is 0 Å². The van der Waals surface area contributed by atoms with Crippen LogP contribution < -0.4 is 4.90 Å². The van der Waals surface area contributed by atoms with Crippen LogP contribution in [0.2, 0.25) is 0 Å². The van der Waals surface area contributed by atoms with Gasteiger partial charge in [-0.2, -0.15) is 4.31 Å². The van der Waals surface area contributed by atoms with Crippen LogP contribution in [0.25, 0.3) is 0 Å². The van der Waals surface area contributed by atoms with Gasteiger partial charge in [0.2, 0.25) is 10.0 Å². The van der Waals surface area contributed by atoms with Crippen LogP contribution in [0, 0.1) is 5.82 Å². The van der Waals surface area contributed by atoms with Crippen molar-refractivity contribution >= 4 is 10.0 Å². The van der Waals surface area contributed by atoms with E-state index in [4.69, 9.17) is 0 Å². The quantitative estimate of drug-likeness (QED) is 0.858. The summed E-state index contributed by atoms with van der Waals surface area (Å²) in [6, 6.07) is 5.53. The Morgan fingerprint density at radius 1 is 1.16 bits per heavy atom. The molecule has 1 aromatic carbocycles. The van der Waals surface area contributed by atoms with E-state index in [0.717, 1.165) is 13.1 Å². The lowest BCUT2D eigenvalue weighted by atomic mass is 10.3. The molecule has 1 saturated heterocycles. The van der Waals surface area contributed by atoms with Crippen LogP contribution in [-0.2, 0) is 10.0 Å². The number of nitrogens with one attached hydrogen (secondary N) is 1. The van der Waals surface area contributed by atoms with Crippen molar-refractivity contribution in [1.29, 1.82) is 0 Å². The van der Waals surface area contributed by atoms with Crippen molar-refractivity contribution in [2.45, 2.75) is 24.8 Å².